The van der Waals surface area contributed by atoms with E-state index in [1.54, 1.807) is 0 Å². The van der Waals surface area contributed by atoms with E-state index in [4.69, 9.17) is 5.11 Å². The van der Waals surface area contributed by atoms with Gasteiger partial charge in [0.2, 0.25) is 5.91 Å². The second kappa shape index (κ2) is 6.86. The monoisotopic (exact) mass is 272 g/mol. The molecule has 19 heavy (non-hydrogen) atoms. The van der Waals surface area contributed by atoms with Crippen LogP contribution in [0.3, 0.4) is 0 Å². The summed E-state index contributed by atoms with van der Waals surface area (Å²) in [5, 5.41) is 24.2. The molecule has 0 bridgehead atoms. The molecule has 110 valence electrons. The molecule has 0 aromatic heterocycles. The third-order valence-electron chi connectivity index (χ3n) is 3.81. The summed E-state index contributed by atoms with van der Waals surface area (Å²) in [6.07, 6.45) is 1.92. The van der Waals surface area contributed by atoms with Crippen molar-refractivity contribution in [3.63, 3.8) is 0 Å². The number of piperidine rings is 1. The van der Waals surface area contributed by atoms with Crippen LogP contribution < -0.4 is 10.6 Å². The van der Waals surface area contributed by atoms with E-state index in [9.17, 15) is 14.7 Å². The number of rotatable bonds is 6. The molecule has 6 heteroatoms. The van der Waals surface area contributed by atoms with Crippen LogP contribution in [0.15, 0.2) is 0 Å². The number of aliphatic hydroxyl groups is 1. The Balaban J connectivity index is 2.79. The molecule has 0 saturated carbocycles. The Morgan fingerprint density at radius 2 is 1.95 bits per heavy atom. The maximum Gasteiger partial charge on any atom is 0.328 e. The van der Waals surface area contributed by atoms with Crippen LogP contribution in [-0.4, -0.2) is 47.3 Å². The van der Waals surface area contributed by atoms with Crippen LogP contribution in [-0.2, 0) is 9.59 Å². The lowest BCUT2D eigenvalue weighted by atomic mass is 9.74. The van der Waals surface area contributed by atoms with Gasteiger partial charge in [-0.2, -0.15) is 0 Å². The van der Waals surface area contributed by atoms with E-state index in [2.05, 4.69) is 10.6 Å². The Kier molecular flexibility index (Phi) is 5.75. The molecule has 6 nitrogen and oxygen atoms in total. The van der Waals surface area contributed by atoms with E-state index < -0.39 is 23.5 Å². The van der Waals surface area contributed by atoms with Crippen LogP contribution in [0.25, 0.3) is 0 Å². The number of aliphatic carboxylic acids is 1. The summed E-state index contributed by atoms with van der Waals surface area (Å²) in [5.41, 5.74) is -0.497. The minimum absolute atomic E-state index is 0.246. The highest BCUT2D eigenvalue weighted by atomic mass is 16.4. The first-order valence-corrected chi connectivity index (χ1v) is 6.85. The lowest BCUT2D eigenvalue weighted by molar-refractivity contribution is -0.147. The molecule has 1 saturated heterocycles. The third kappa shape index (κ3) is 3.91. The fraction of sp³-hybridized carbons (Fsp3) is 0.846. The normalized spacial score (nSPS) is 21.4. The highest BCUT2D eigenvalue weighted by Crippen LogP contribution is 2.34. The summed E-state index contributed by atoms with van der Waals surface area (Å²) in [5.74, 6) is -1.45. The van der Waals surface area contributed by atoms with Crippen molar-refractivity contribution < 1.29 is 19.8 Å². The number of carbonyl (C=O) groups excluding carboxylic acids is 1. The SMILES string of the molecule is CCCC1(C(=O)NC(C(=O)O)C(C)O)CCNCC1. The van der Waals surface area contributed by atoms with E-state index in [-0.39, 0.29) is 5.91 Å². The van der Waals surface area contributed by atoms with Gasteiger partial charge in [-0.25, -0.2) is 4.79 Å². The van der Waals surface area contributed by atoms with Crippen LogP contribution in [0, 0.1) is 5.41 Å². The number of hydrogen-bond acceptors (Lipinski definition) is 4. The van der Waals surface area contributed by atoms with Gasteiger partial charge in [-0.15, -0.1) is 0 Å². The number of carbonyl (C=O) groups is 2. The minimum Gasteiger partial charge on any atom is -0.480 e. The lowest BCUT2D eigenvalue weighted by Gasteiger charge is -2.37. The van der Waals surface area contributed by atoms with Gasteiger partial charge in [0.15, 0.2) is 6.04 Å². The van der Waals surface area contributed by atoms with Crippen LogP contribution in [0.1, 0.15) is 39.5 Å². The van der Waals surface area contributed by atoms with Crippen LogP contribution in [0.4, 0.5) is 0 Å². The van der Waals surface area contributed by atoms with Crippen LogP contribution in [0.5, 0.6) is 0 Å². The molecule has 2 unspecified atom stereocenters. The van der Waals surface area contributed by atoms with Crippen molar-refractivity contribution in [3.8, 4) is 0 Å². The number of carboxylic acids is 1. The Bertz CT molecular complexity index is 319. The second-order valence-electron chi connectivity index (χ2n) is 5.31. The molecular formula is C13H24N2O4. The molecule has 1 fully saturated rings. The average molecular weight is 272 g/mol. The third-order valence-corrected chi connectivity index (χ3v) is 3.81. The zero-order valence-corrected chi connectivity index (χ0v) is 11.6. The maximum atomic E-state index is 12.4. The molecule has 0 spiro atoms. The molecule has 0 radical (unpaired) electrons. The summed E-state index contributed by atoms with van der Waals surface area (Å²) in [6.45, 7) is 4.91. The topological polar surface area (TPSA) is 98.7 Å². The molecule has 2 atom stereocenters. The second-order valence-corrected chi connectivity index (χ2v) is 5.31. The molecule has 0 aromatic carbocycles. The first-order valence-electron chi connectivity index (χ1n) is 6.85. The molecule has 1 rings (SSSR count). The lowest BCUT2D eigenvalue weighted by Crippen LogP contribution is -2.55. The number of amides is 1. The molecule has 1 aliphatic heterocycles. The van der Waals surface area contributed by atoms with E-state index in [1.807, 2.05) is 6.92 Å². The first kappa shape index (κ1) is 15.9. The van der Waals surface area contributed by atoms with E-state index in [1.165, 1.54) is 6.92 Å². The number of aliphatic hydroxyl groups excluding tert-OH is 1. The van der Waals surface area contributed by atoms with Crippen molar-refractivity contribution >= 4 is 11.9 Å². The highest BCUT2D eigenvalue weighted by molar-refractivity contribution is 5.87. The van der Waals surface area contributed by atoms with Gasteiger partial charge < -0.3 is 20.8 Å². The van der Waals surface area contributed by atoms with Gasteiger partial charge >= 0.3 is 5.97 Å². The van der Waals surface area contributed by atoms with Crippen molar-refractivity contribution in [3.05, 3.63) is 0 Å². The van der Waals surface area contributed by atoms with Gasteiger partial charge in [-0.1, -0.05) is 13.3 Å². The quantitative estimate of drug-likeness (QED) is 0.550. The zero-order chi connectivity index (χ0) is 14.5. The fourth-order valence-electron chi connectivity index (χ4n) is 2.66. The van der Waals surface area contributed by atoms with Crippen LogP contribution >= 0.6 is 0 Å². The highest BCUT2D eigenvalue weighted by Gasteiger charge is 2.40. The predicted octanol–water partition coefficient (Wildman–Crippen LogP) is 0.107. The van der Waals surface area contributed by atoms with Gasteiger partial charge in [-0.3, -0.25) is 4.79 Å². The smallest absolute Gasteiger partial charge is 0.328 e. The van der Waals surface area contributed by atoms with Gasteiger partial charge in [0.25, 0.3) is 0 Å². The number of carboxylic acid groups (broad SMARTS) is 1. The Hall–Kier alpha value is -1.14. The molecule has 1 amide bonds. The Morgan fingerprint density at radius 1 is 1.37 bits per heavy atom. The van der Waals surface area contributed by atoms with E-state index >= 15 is 0 Å². The van der Waals surface area contributed by atoms with Crippen molar-refractivity contribution in [2.45, 2.75) is 51.7 Å². The van der Waals surface area contributed by atoms with Crippen molar-refractivity contribution in [2.24, 2.45) is 5.41 Å². The molecule has 1 aliphatic rings. The Morgan fingerprint density at radius 3 is 2.37 bits per heavy atom. The van der Waals surface area contributed by atoms with Crippen molar-refractivity contribution in [2.75, 3.05) is 13.1 Å². The molecule has 1 heterocycles. The summed E-state index contributed by atoms with van der Waals surface area (Å²) in [7, 11) is 0. The van der Waals surface area contributed by atoms with E-state index in [0.717, 1.165) is 25.9 Å². The fourth-order valence-corrected chi connectivity index (χ4v) is 2.66. The zero-order valence-electron chi connectivity index (χ0n) is 11.6. The summed E-state index contributed by atoms with van der Waals surface area (Å²) >= 11 is 0. The molecule has 4 N–H and O–H groups in total. The van der Waals surface area contributed by atoms with Gasteiger partial charge in [0, 0.05) is 0 Å². The Labute approximate surface area is 113 Å². The summed E-state index contributed by atoms with van der Waals surface area (Å²) in [6, 6.07) is -1.24. The molecular weight excluding hydrogens is 248 g/mol. The largest absolute Gasteiger partial charge is 0.480 e. The van der Waals surface area contributed by atoms with Crippen molar-refractivity contribution in [1.82, 2.24) is 10.6 Å². The van der Waals surface area contributed by atoms with E-state index in [0.29, 0.717) is 12.8 Å². The number of hydrogen-bond donors (Lipinski definition) is 4. The number of nitrogens with one attached hydrogen (secondary N) is 2. The predicted molar refractivity (Wildman–Crippen MR) is 70.7 cm³/mol. The van der Waals surface area contributed by atoms with Gasteiger partial charge in [0.05, 0.1) is 11.5 Å². The average Bonchev–Trinajstić information content (AvgIpc) is 2.36. The van der Waals surface area contributed by atoms with Gasteiger partial charge in [0.1, 0.15) is 0 Å². The minimum atomic E-state index is -1.24. The van der Waals surface area contributed by atoms with Crippen LogP contribution in [0.2, 0.25) is 0 Å². The summed E-state index contributed by atoms with van der Waals surface area (Å²) < 4.78 is 0. The van der Waals surface area contributed by atoms with Gasteiger partial charge in [-0.05, 0) is 39.3 Å². The summed E-state index contributed by atoms with van der Waals surface area (Å²) in [4.78, 5) is 23.5. The maximum absolute atomic E-state index is 12.4. The standard InChI is InChI=1S/C13H24N2O4/c1-3-4-13(5-7-14-8-6-13)12(19)15-10(9(2)16)11(17)18/h9-10,14,16H,3-8H2,1-2H3,(H,15,19)(H,17,18). The first-order chi connectivity index (χ1) is 8.93. The molecule has 0 aromatic rings. The van der Waals surface area contributed by atoms with Crippen molar-refractivity contribution in [1.29, 1.82) is 0 Å². The molecule has 0 aliphatic carbocycles.